The highest BCUT2D eigenvalue weighted by atomic mass is 32.2. The summed E-state index contributed by atoms with van der Waals surface area (Å²) in [7, 11) is 4.12. The lowest BCUT2D eigenvalue weighted by molar-refractivity contribution is -0.882. The molecule has 0 aromatic carbocycles. The van der Waals surface area contributed by atoms with Crippen molar-refractivity contribution in [3.8, 4) is 0 Å². The quantitative estimate of drug-likeness (QED) is 0.330. The van der Waals surface area contributed by atoms with E-state index in [9.17, 15) is 9.59 Å². The Kier molecular flexibility index (Phi) is 14.3. The molecule has 1 N–H and O–H groups in total. The van der Waals surface area contributed by atoms with Gasteiger partial charge in [-0.05, 0) is 12.2 Å². The average molecular weight is 374 g/mol. The molecule has 0 saturated heterocycles. The fourth-order valence-electron chi connectivity index (χ4n) is 2.89. The van der Waals surface area contributed by atoms with Gasteiger partial charge in [-0.3, -0.25) is 9.59 Å². The number of rotatable bonds is 16. The lowest BCUT2D eigenvalue weighted by atomic mass is 10.1. The Bertz CT molecular complexity index is 373. The molecule has 1 atom stereocenters. The molecule has 0 rings (SSSR count). The third-order valence-corrected chi connectivity index (χ3v) is 5.66. The number of Topliss-reactive ketones (excluding diaryl/α,β-unsaturated/α-hetero) is 1. The number of hydrogen-bond donors (Lipinski definition) is 1. The summed E-state index contributed by atoms with van der Waals surface area (Å²) in [6.07, 6.45) is 8.87. The molecule has 1 amide bonds. The third-order valence-electron chi connectivity index (χ3n) is 4.35. The number of nitrogens with one attached hydrogen (secondary N) is 1. The second-order valence-corrected chi connectivity index (χ2v) is 9.06. The third kappa shape index (κ3) is 15.4. The van der Waals surface area contributed by atoms with Gasteiger partial charge in [0.2, 0.25) is 5.91 Å². The summed E-state index contributed by atoms with van der Waals surface area (Å²) >= 11 is 1.90. The van der Waals surface area contributed by atoms with Gasteiger partial charge in [0.15, 0.2) is 5.78 Å². The number of likely N-dealkylation sites (N-methyl/N-ethyl adjacent to an activating group) is 1. The minimum Gasteiger partial charge on any atom is -0.356 e. The summed E-state index contributed by atoms with van der Waals surface area (Å²) in [6, 6.07) is 0. The van der Waals surface area contributed by atoms with Gasteiger partial charge in [0.1, 0.15) is 6.54 Å². The number of carbonyl (C=O) groups is 2. The molecule has 0 heterocycles. The Morgan fingerprint density at radius 1 is 1.04 bits per heavy atom. The van der Waals surface area contributed by atoms with E-state index in [-0.39, 0.29) is 17.6 Å². The number of thioether (sulfide) groups is 1. The van der Waals surface area contributed by atoms with Crippen LogP contribution in [0.15, 0.2) is 0 Å². The van der Waals surface area contributed by atoms with E-state index in [1.165, 1.54) is 44.3 Å². The van der Waals surface area contributed by atoms with Crippen molar-refractivity contribution in [1.29, 1.82) is 0 Å². The highest BCUT2D eigenvalue weighted by Crippen LogP contribution is 2.13. The summed E-state index contributed by atoms with van der Waals surface area (Å²) in [6.45, 7) is 8.05. The number of carbonyl (C=O) groups excluding carboxylic acids is 2. The number of quaternary nitrogens is 1. The summed E-state index contributed by atoms with van der Waals surface area (Å²) < 4.78 is 0.689. The van der Waals surface area contributed by atoms with Crippen LogP contribution in [0.1, 0.15) is 65.7 Å². The molecule has 0 aromatic rings. The number of ketones is 1. The average Bonchev–Trinajstić information content (AvgIpc) is 2.52. The van der Waals surface area contributed by atoms with Gasteiger partial charge in [-0.1, -0.05) is 46.0 Å². The molecule has 0 fully saturated rings. The molecular weight excluding hydrogens is 332 g/mol. The first kappa shape index (κ1) is 24.5. The van der Waals surface area contributed by atoms with Gasteiger partial charge < -0.3 is 9.80 Å². The van der Waals surface area contributed by atoms with Crippen LogP contribution in [0.4, 0.5) is 0 Å². The maximum absolute atomic E-state index is 12.1. The van der Waals surface area contributed by atoms with Crippen molar-refractivity contribution < 1.29 is 14.1 Å². The zero-order valence-electron chi connectivity index (χ0n) is 17.2. The lowest BCUT2D eigenvalue weighted by Crippen LogP contribution is -2.45. The molecule has 0 spiro atoms. The number of nitrogens with zero attached hydrogens (tertiary/aromatic N) is 1. The zero-order chi connectivity index (χ0) is 19.1. The monoisotopic (exact) mass is 373 g/mol. The van der Waals surface area contributed by atoms with Crippen molar-refractivity contribution >= 4 is 23.5 Å². The van der Waals surface area contributed by atoms with E-state index in [0.29, 0.717) is 17.6 Å². The van der Waals surface area contributed by atoms with Crippen LogP contribution in [0.5, 0.6) is 0 Å². The molecule has 0 aliphatic heterocycles. The Morgan fingerprint density at radius 3 is 2.32 bits per heavy atom. The van der Waals surface area contributed by atoms with Gasteiger partial charge in [0.25, 0.3) is 0 Å². The molecule has 148 valence electrons. The highest BCUT2D eigenvalue weighted by Gasteiger charge is 2.17. The Hall–Kier alpha value is -0.550. The van der Waals surface area contributed by atoms with E-state index in [0.717, 1.165) is 18.7 Å². The van der Waals surface area contributed by atoms with Gasteiger partial charge in [-0.2, -0.15) is 11.8 Å². The molecular formula is C20H41N2O2S+. The fourth-order valence-corrected chi connectivity index (χ4v) is 3.97. The molecule has 0 aliphatic rings. The maximum atomic E-state index is 12.1. The van der Waals surface area contributed by atoms with E-state index in [1.54, 1.807) is 6.92 Å². The first-order valence-corrected chi connectivity index (χ1v) is 11.1. The minimum atomic E-state index is 0.0739. The van der Waals surface area contributed by atoms with Crippen molar-refractivity contribution in [3.63, 3.8) is 0 Å². The van der Waals surface area contributed by atoms with Crippen LogP contribution < -0.4 is 5.32 Å². The van der Waals surface area contributed by atoms with Crippen molar-refractivity contribution in [2.24, 2.45) is 5.92 Å². The van der Waals surface area contributed by atoms with Crippen LogP contribution >= 0.6 is 11.8 Å². The van der Waals surface area contributed by atoms with Crippen molar-refractivity contribution in [1.82, 2.24) is 5.32 Å². The van der Waals surface area contributed by atoms with E-state index >= 15 is 0 Å². The smallest absolute Gasteiger partial charge is 0.223 e. The molecule has 5 heteroatoms. The predicted molar refractivity (Wildman–Crippen MR) is 110 cm³/mol. The van der Waals surface area contributed by atoms with Gasteiger partial charge in [-0.15, -0.1) is 0 Å². The van der Waals surface area contributed by atoms with Crippen molar-refractivity contribution in [3.05, 3.63) is 0 Å². The molecule has 0 saturated carbocycles. The van der Waals surface area contributed by atoms with Gasteiger partial charge in [0, 0.05) is 31.6 Å². The van der Waals surface area contributed by atoms with E-state index < -0.39 is 0 Å². The number of hydrogen-bond acceptors (Lipinski definition) is 3. The lowest BCUT2D eigenvalue weighted by Gasteiger charge is -2.28. The molecule has 1 unspecified atom stereocenters. The van der Waals surface area contributed by atoms with E-state index in [4.69, 9.17) is 0 Å². The van der Waals surface area contributed by atoms with Crippen LogP contribution in [-0.2, 0) is 9.59 Å². The summed E-state index contributed by atoms with van der Waals surface area (Å²) in [5, 5.41) is 3.04. The minimum absolute atomic E-state index is 0.0739. The van der Waals surface area contributed by atoms with Crippen LogP contribution in [0.2, 0.25) is 0 Å². The SMILES string of the molecule is CCCCCCCCSCC(C)C(=O)NCCC[N+](C)(C)CC(C)=O. The van der Waals surface area contributed by atoms with E-state index in [1.807, 2.05) is 18.7 Å². The summed E-state index contributed by atoms with van der Waals surface area (Å²) in [5.74, 6) is 2.52. The van der Waals surface area contributed by atoms with Gasteiger partial charge in [0.05, 0.1) is 20.6 Å². The molecule has 0 aliphatic carbocycles. The first-order valence-electron chi connectivity index (χ1n) is 9.95. The van der Waals surface area contributed by atoms with Crippen molar-refractivity contribution in [2.75, 3.05) is 45.2 Å². The van der Waals surface area contributed by atoms with Crippen LogP contribution in [0, 0.1) is 5.92 Å². The molecule has 25 heavy (non-hydrogen) atoms. The standard InChI is InChI=1S/C20H40N2O2S/c1-6-7-8-9-10-11-15-25-17-18(2)20(24)21-13-12-14-22(4,5)16-19(3)23/h18H,6-17H2,1-5H3/p+1. The molecule has 0 radical (unpaired) electrons. The first-order chi connectivity index (χ1) is 11.8. The number of amides is 1. The number of unbranched alkanes of at least 4 members (excludes halogenated alkanes) is 5. The summed E-state index contributed by atoms with van der Waals surface area (Å²) in [4.78, 5) is 23.3. The van der Waals surface area contributed by atoms with Crippen LogP contribution in [-0.4, -0.2) is 61.4 Å². The molecule has 0 aromatic heterocycles. The maximum Gasteiger partial charge on any atom is 0.223 e. The highest BCUT2D eigenvalue weighted by molar-refractivity contribution is 7.99. The Morgan fingerprint density at radius 2 is 1.68 bits per heavy atom. The second kappa shape index (κ2) is 14.6. The zero-order valence-corrected chi connectivity index (χ0v) is 18.1. The topological polar surface area (TPSA) is 46.2 Å². The molecule has 4 nitrogen and oxygen atoms in total. The van der Waals surface area contributed by atoms with Crippen LogP contribution in [0.25, 0.3) is 0 Å². The predicted octanol–water partition coefficient (Wildman–Crippen LogP) is 3.89. The second-order valence-electron chi connectivity index (χ2n) is 7.91. The van der Waals surface area contributed by atoms with Crippen molar-refractivity contribution in [2.45, 2.75) is 65.7 Å². The normalized spacial score (nSPS) is 12.8. The fraction of sp³-hybridized carbons (Fsp3) is 0.900. The Balaban J connectivity index is 3.64. The summed E-state index contributed by atoms with van der Waals surface area (Å²) in [5.41, 5.74) is 0. The Labute approximate surface area is 160 Å². The van der Waals surface area contributed by atoms with Gasteiger partial charge >= 0.3 is 0 Å². The van der Waals surface area contributed by atoms with E-state index in [2.05, 4.69) is 26.3 Å². The largest absolute Gasteiger partial charge is 0.356 e. The van der Waals surface area contributed by atoms with Crippen LogP contribution in [0.3, 0.4) is 0 Å². The van der Waals surface area contributed by atoms with Gasteiger partial charge in [-0.25, -0.2) is 0 Å². The molecule has 0 bridgehead atoms.